The number of carbonyl (C=O) groups excluding carboxylic acids is 3. The summed E-state index contributed by atoms with van der Waals surface area (Å²) in [5.41, 5.74) is 10.8. The van der Waals surface area contributed by atoms with Crippen molar-refractivity contribution in [2.75, 3.05) is 13.1 Å². The molecular weight excluding hydrogens is 400 g/mol. The third-order valence-electron chi connectivity index (χ3n) is 3.48. The predicted octanol–water partition coefficient (Wildman–Crippen LogP) is -0.495. The van der Waals surface area contributed by atoms with E-state index in [0.29, 0.717) is 11.5 Å². The molecule has 0 aliphatic rings. The third-order valence-corrected chi connectivity index (χ3v) is 4.30. The lowest BCUT2D eigenvalue weighted by Crippen LogP contribution is -2.50. The number of aliphatic imine (C=N–C) groups is 1. The second-order valence-electron chi connectivity index (χ2n) is 6.58. The van der Waals surface area contributed by atoms with Crippen molar-refractivity contribution in [3.05, 3.63) is 17.0 Å². The molecule has 0 spiro atoms. The van der Waals surface area contributed by atoms with E-state index in [-0.39, 0.29) is 36.8 Å². The Labute approximate surface area is 171 Å². The maximum atomic E-state index is 12.2. The molecule has 160 valence electrons. The molecule has 0 aliphatic heterocycles. The first kappa shape index (κ1) is 23.9. The van der Waals surface area contributed by atoms with Gasteiger partial charge in [0.1, 0.15) is 11.0 Å². The number of aliphatic carboxylic acids is 1. The van der Waals surface area contributed by atoms with Crippen LogP contribution < -0.4 is 27.4 Å². The first-order valence-electron chi connectivity index (χ1n) is 8.83. The van der Waals surface area contributed by atoms with Crippen molar-refractivity contribution in [1.82, 2.24) is 16.0 Å². The summed E-state index contributed by atoms with van der Waals surface area (Å²) in [6.45, 7) is 3.83. The second-order valence-corrected chi connectivity index (χ2v) is 7.47. The Kier molecular flexibility index (Phi) is 9.59. The van der Waals surface area contributed by atoms with Gasteiger partial charge in [-0.1, -0.05) is 13.8 Å². The van der Waals surface area contributed by atoms with Crippen LogP contribution in [-0.2, 0) is 14.4 Å². The van der Waals surface area contributed by atoms with Crippen LogP contribution >= 0.6 is 11.3 Å². The standard InChI is InChI=1S/C17H26N6O5S/c1-9(2)6-20-16(28)11(3-4-14(25)26)22-12(24)7-21-15(27)10-5-13(29-8-10)23-17(18)19/h5,8-9,11H,3-4,6-7H2,1-2H3,(H,20,28)(H,21,27)(H,22,24)(H,25,26)(H4,18,19,23). The number of rotatable bonds is 11. The minimum atomic E-state index is -1.08. The number of nitrogens with two attached hydrogens (primary N) is 2. The van der Waals surface area contributed by atoms with Gasteiger partial charge in [-0.2, -0.15) is 0 Å². The fourth-order valence-electron chi connectivity index (χ4n) is 2.10. The molecule has 0 saturated carbocycles. The number of carboxylic acid groups (broad SMARTS) is 1. The van der Waals surface area contributed by atoms with Crippen molar-refractivity contribution in [1.29, 1.82) is 0 Å². The Hall–Kier alpha value is -3.15. The maximum Gasteiger partial charge on any atom is 0.303 e. The Morgan fingerprint density at radius 1 is 1.21 bits per heavy atom. The van der Waals surface area contributed by atoms with E-state index in [1.807, 2.05) is 13.8 Å². The molecule has 1 aromatic heterocycles. The fraction of sp³-hybridized carbons (Fsp3) is 0.471. The zero-order chi connectivity index (χ0) is 22.0. The van der Waals surface area contributed by atoms with E-state index in [9.17, 15) is 19.2 Å². The number of carboxylic acids is 1. The minimum Gasteiger partial charge on any atom is -0.481 e. The fourth-order valence-corrected chi connectivity index (χ4v) is 2.88. The Morgan fingerprint density at radius 3 is 2.48 bits per heavy atom. The minimum absolute atomic E-state index is 0.0641. The van der Waals surface area contributed by atoms with E-state index in [1.165, 1.54) is 11.4 Å². The van der Waals surface area contributed by atoms with E-state index in [2.05, 4.69) is 20.9 Å². The first-order chi connectivity index (χ1) is 13.6. The smallest absolute Gasteiger partial charge is 0.303 e. The van der Waals surface area contributed by atoms with Gasteiger partial charge >= 0.3 is 5.97 Å². The summed E-state index contributed by atoms with van der Waals surface area (Å²) in [6, 6.07) is 0.455. The molecule has 0 bridgehead atoms. The van der Waals surface area contributed by atoms with Gasteiger partial charge in [0.25, 0.3) is 5.91 Å². The van der Waals surface area contributed by atoms with Crippen LogP contribution in [0.3, 0.4) is 0 Å². The zero-order valence-corrected chi connectivity index (χ0v) is 17.0. The molecule has 1 aromatic rings. The molecule has 12 heteroatoms. The topological polar surface area (TPSA) is 189 Å². The van der Waals surface area contributed by atoms with Crippen LogP contribution in [0.4, 0.5) is 5.00 Å². The van der Waals surface area contributed by atoms with E-state index in [4.69, 9.17) is 16.6 Å². The van der Waals surface area contributed by atoms with Crippen molar-refractivity contribution in [2.45, 2.75) is 32.7 Å². The maximum absolute atomic E-state index is 12.2. The van der Waals surface area contributed by atoms with Gasteiger partial charge in [0.15, 0.2) is 5.96 Å². The van der Waals surface area contributed by atoms with Crippen LogP contribution in [0.25, 0.3) is 0 Å². The molecule has 11 nitrogen and oxygen atoms in total. The lowest BCUT2D eigenvalue weighted by Gasteiger charge is -2.18. The Bertz CT molecular complexity index is 772. The van der Waals surface area contributed by atoms with Crippen molar-refractivity contribution >= 4 is 46.0 Å². The average molecular weight is 426 g/mol. The van der Waals surface area contributed by atoms with Gasteiger partial charge in [-0.3, -0.25) is 19.2 Å². The van der Waals surface area contributed by atoms with Gasteiger partial charge in [0.05, 0.1) is 12.1 Å². The summed E-state index contributed by atoms with van der Waals surface area (Å²) in [7, 11) is 0. The van der Waals surface area contributed by atoms with Gasteiger partial charge in [-0.05, 0) is 18.4 Å². The summed E-state index contributed by atoms with van der Waals surface area (Å²) in [6.07, 6.45) is -0.347. The molecule has 1 unspecified atom stereocenters. The lowest BCUT2D eigenvalue weighted by atomic mass is 10.1. The van der Waals surface area contributed by atoms with Crippen molar-refractivity contribution < 1.29 is 24.3 Å². The second kappa shape index (κ2) is 11.6. The molecule has 8 N–H and O–H groups in total. The molecule has 1 rings (SSSR count). The highest BCUT2D eigenvalue weighted by molar-refractivity contribution is 7.14. The zero-order valence-electron chi connectivity index (χ0n) is 16.2. The number of nitrogens with one attached hydrogen (secondary N) is 3. The van der Waals surface area contributed by atoms with Gasteiger partial charge in [-0.15, -0.1) is 11.3 Å². The van der Waals surface area contributed by atoms with Crippen LogP contribution in [0.1, 0.15) is 37.0 Å². The van der Waals surface area contributed by atoms with Gasteiger partial charge in [0, 0.05) is 18.3 Å². The van der Waals surface area contributed by atoms with Crippen LogP contribution in [0.2, 0.25) is 0 Å². The summed E-state index contributed by atoms with van der Waals surface area (Å²) in [4.78, 5) is 51.1. The normalized spacial score (nSPS) is 11.4. The first-order valence-corrected chi connectivity index (χ1v) is 9.71. The van der Waals surface area contributed by atoms with Crippen molar-refractivity contribution in [2.24, 2.45) is 22.4 Å². The summed E-state index contributed by atoms with van der Waals surface area (Å²) < 4.78 is 0. The lowest BCUT2D eigenvalue weighted by molar-refractivity contribution is -0.137. The molecule has 1 heterocycles. The van der Waals surface area contributed by atoms with Gasteiger partial charge < -0.3 is 32.5 Å². The number of guanidine groups is 1. The highest BCUT2D eigenvalue weighted by atomic mass is 32.1. The van der Waals surface area contributed by atoms with Gasteiger partial charge in [-0.25, -0.2) is 4.99 Å². The van der Waals surface area contributed by atoms with Crippen LogP contribution in [-0.4, -0.2) is 53.9 Å². The molecule has 1 atom stereocenters. The predicted molar refractivity (Wildman–Crippen MR) is 109 cm³/mol. The van der Waals surface area contributed by atoms with Crippen LogP contribution in [0.5, 0.6) is 0 Å². The van der Waals surface area contributed by atoms with E-state index >= 15 is 0 Å². The largest absolute Gasteiger partial charge is 0.481 e. The quantitative estimate of drug-likeness (QED) is 0.203. The number of nitrogens with zero attached hydrogens (tertiary/aromatic N) is 1. The number of amides is 3. The van der Waals surface area contributed by atoms with Crippen molar-refractivity contribution in [3.63, 3.8) is 0 Å². The molecule has 0 aliphatic carbocycles. The molecule has 0 radical (unpaired) electrons. The van der Waals surface area contributed by atoms with E-state index in [1.54, 1.807) is 0 Å². The van der Waals surface area contributed by atoms with Crippen LogP contribution in [0, 0.1) is 5.92 Å². The summed E-state index contributed by atoms with van der Waals surface area (Å²) in [5, 5.41) is 18.3. The molecule has 0 aromatic carbocycles. The molecule has 3 amide bonds. The Morgan fingerprint density at radius 2 is 1.90 bits per heavy atom. The molecule has 0 fully saturated rings. The monoisotopic (exact) mass is 426 g/mol. The molecule has 0 saturated heterocycles. The summed E-state index contributed by atoms with van der Waals surface area (Å²) >= 11 is 1.15. The summed E-state index contributed by atoms with van der Waals surface area (Å²) in [5.74, 6) is -2.62. The number of carbonyl (C=O) groups is 4. The number of hydrogen-bond donors (Lipinski definition) is 6. The number of thiophene rings is 1. The average Bonchev–Trinajstić information content (AvgIpc) is 3.08. The van der Waals surface area contributed by atoms with Crippen LogP contribution in [0.15, 0.2) is 16.4 Å². The van der Waals surface area contributed by atoms with E-state index < -0.39 is 29.7 Å². The molecule has 29 heavy (non-hydrogen) atoms. The SMILES string of the molecule is CC(C)CNC(=O)C(CCC(=O)O)NC(=O)CNC(=O)c1csc(N=C(N)N)c1. The number of hydrogen-bond acceptors (Lipinski definition) is 6. The third kappa shape index (κ3) is 9.55. The Balaban J connectivity index is 2.61. The van der Waals surface area contributed by atoms with Crippen molar-refractivity contribution in [3.8, 4) is 0 Å². The highest BCUT2D eigenvalue weighted by Crippen LogP contribution is 2.23. The van der Waals surface area contributed by atoms with E-state index in [0.717, 1.165) is 11.3 Å². The van der Waals surface area contributed by atoms with Gasteiger partial charge in [0.2, 0.25) is 11.8 Å². The highest BCUT2D eigenvalue weighted by Gasteiger charge is 2.22. The molecular formula is C17H26N6O5S.